The normalized spacial score (nSPS) is 12.4. The number of rotatable bonds is 5. The highest BCUT2D eigenvalue weighted by atomic mass is 32.2. The van der Waals surface area contributed by atoms with Crippen molar-refractivity contribution < 1.29 is 5.11 Å². The number of aliphatic hydroxyl groups excluding tert-OH is 1. The molecule has 0 saturated heterocycles. The van der Waals surface area contributed by atoms with E-state index < -0.39 is 0 Å². The summed E-state index contributed by atoms with van der Waals surface area (Å²) in [5.74, 6) is 1.68. The molecule has 0 radical (unpaired) electrons. The smallest absolute Gasteiger partial charge is 0.0880 e. The van der Waals surface area contributed by atoms with Gasteiger partial charge in [-0.1, -0.05) is 59.7 Å². The molecule has 0 spiro atoms. The molecule has 1 nitrogen and oxygen atoms in total. The van der Waals surface area contributed by atoms with Crippen molar-refractivity contribution in [1.82, 2.24) is 0 Å². The van der Waals surface area contributed by atoms with Crippen molar-refractivity contribution in [3.05, 3.63) is 70.8 Å². The van der Waals surface area contributed by atoms with Crippen LogP contribution in [0.15, 0.2) is 48.5 Å². The molecule has 100 valence electrons. The van der Waals surface area contributed by atoms with Gasteiger partial charge in [0.2, 0.25) is 0 Å². The van der Waals surface area contributed by atoms with E-state index in [-0.39, 0.29) is 6.10 Å². The second kappa shape index (κ2) is 6.78. The SMILES string of the molecule is Cc1cc(C)cc(CSCC(O)c2ccccc2)c1. The molecular formula is C17H20OS. The number of hydrogen-bond donors (Lipinski definition) is 1. The van der Waals surface area contributed by atoms with Crippen LogP contribution in [-0.4, -0.2) is 10.9 Å². The van der Waals surface area contributed by atoms with Crippen LogP contribution in [0.5, 0.6) is 0 Å². The Morgan fingerprint density at radius 1 is 1.00 bits per heavy atom. The Bertz CT molecular complexity index is 502. The van der Waals surface area contributed by atoms with Gasteiger partial charge in [0.25, 0.3) is 0 Å². The fraction of sp³-hybridized carbons (Fsp3) is 0.294. The van der Waals surface area contributed by atoms with Crippen LogP contribution in [0.3, 0.4) is 0 Å². The van der Waals surface area contributed by atoms with Gasteiger partial charge < -0.3 is 5.11 Å². The van der Waals surface area contributed by atoms with Gasteiger partial charge >= 0.3 is 0 Å². The van der Waals surface area contributed by atoms with Crippen molar-refractivity contribution in [2.45, 2.75) is 25.7 Å². The minimum absolute atomic E-state index is 0.378. The summed E-state index contributed by atoms with van der Waals surface area (Å²) in [4.78, 5) is 0. The van der Waals surface area contributed by atoms with E-state index in [1.165, 1.54) is 16.7 Å². The molecule has 0 heterocycles. The molecule has 0 aliphatic carbocycles. The molecule has 0 saturated carbocycles. The zero-order chi connectivity index (χ0) is 13.7. The third-order valence-electron chi connectivity index (χ3n) is 3.01. The molecule has 2 rings (SSSR count). The quantitative estimate of drug-likeness (QED) is 0.877. The van der Waals surface area contributed by atoms with Gasteiger partial charge in [-0.3, -0.25) is 0 Å². The zero-order valence-corrected chi connectivity index (χ0v) is 12.3. The summed E-state index contributed by atoms with van der Waals surface area (Å²) < 4.78 is 0. The average molecular weight is 272 g/mol. The van der Waals surface area contributed by atoms with Crippen LogP contribution in [0.25, 0.3) is 0 Å². The first-order chi connectivity index (χ1) is 9.15. The molecule has 1 unspecified atom stereocenters. The number of hydrogen-bond acceptors (Lipinski definition) is 2. The molecule has 0 fully saturated rings. The highest BCUT2D eigenvalue weighted by Crippen LogP contribution is 2.22. The lowest BCUT2D eigenvalue weighted by Crippen LogP contribution is -2.00. The lowest BCUT2D eigenvalue weighted by molar-refractivity contribution is 0.204. The molecule has 1 N–H and O–H groups in total. The molecule has 0 aliphatic rings. The number of thioether (sulfide) groups is 1. The van der Waals surface area contributed by atoms with E-state index in [9.17, 15) is 5.11 Å². The van der Waals surface area contributed by atoms with E-state index in [4.69, 9.17) is 0 Å². The Kier molecular flexibility index (Phi) is 5.06. The molecule has 2 aromatic carbocycles. The van der Waals surface area contributed by atoms with Crippen molar-refractivity contribution in [1.29, 1.82) is 0 Å². The maximum Gasteiger partial charge on any atom is 0.0880 e. The largest absolute Gasteiger partial charge is 0.388 e. The Hall–Kier alpha value is -1.25. The lowest BCUT2D eigenvalue weighted by Gasteiger charge is -2.11. The maximum atomic E-state index is 10.1. The van der Waals surface area contributed by atoms with Crippen molar-refractivity contribution in [2.24, 2.45) is 0 Å². The van der Waals surface area contributed by atoms with Crippen molar-refractivity contribution in [2.75, 3.05) is 5.75 Å². The fourth-order valence-electron chi connectivity index (χ4n) is 2.21. The molecular weight excluding hydrogens is 252 g/mol. The van der Waals surface area contributed by atoms with E-state index in [0.717, 1.165) is 17.1 Å². The van der Waals surface area contributed by atoms with Gasteiger partial charge in [0.15, 0.2) is 0 Å². The van der Waals surface area contributed by atoms with Crippen molar-refractivity contribution >= 4 is 11.8 Å². The van der Waals surface area contributed by atoms with E-state index in [1.54, 1.807) is 11.8 Å². The Balaban J connectivity index is 1.86. The molecule has 19 heavy (non-hydrogen) atoms. The van der Waals surface area contributed by atoms with E-state index >= 15 is 0 Å². The van der Waals surface area contributed by atoms with E-state index in [1.807, 2.05) is 30.3 Å². The van der Waals surface area contributed by atoms with E-state index in [2.05, 4.69) is 32.0 Å². The van der Waals surface area contributed by atoms with Crippen LogP contribution >= 0.6 is 11.8 Å². The monoisotopic (exact) mass is 272 g/mol. The summed E-state index contributed by atoms with van der Waals surface area (Å²) in [6.45, 7) is 4.25. The Morgan fingerprint density at radius 3 is 2.26 bits per heavy atom. The summed E-state index contributed by atoms with van der Waals surface area (Å²) in [6, 6.07) is 16.5. The number of benzene rings is 2. The standard InChI is InChI=1S/C17H20OS/c1-13-8-14(2)10-15(9-13)11-19-12-17(18)16-6-4-3-5-7-16/h3-10,17-18H,11-12H2,1-2H3. The minimum atomic E-state index is -0.378. The van der Waals surface area contributed by atoms with Crippen LogP contribution in [0, 0.1) is 13.8 Å². The third kappa shape index (κ3) is 4.41. The molecule has 2 heteroatoms. The van der Waals surface area contributed by atoms with Crippen LogP contribution in [-0.2, 0) is 5.75 Å². The van der Waals surface area contributed by atoms with Crippen LogP contribution in [0.2, 0.25) is 0 Å². The second-order valence-corrected chi connectivity index (χ2v) is 5.97. The first-order valence-electron chi connectivity index (χ1n) is 6.53. The summed E-state index contributed by atoms with van der Waals surface area (Å²) in [6.07, 6.45) is -0.378. The molecule has 0 aromatic heterocycles. The van der Waals surface area contributed by atoms with Crippen LogP contribution < -0.4 is 0 Å². The fourth-order valence-corrected chi connectivity index (χ4v) is 3.15. The molecule has 2 aromatic rings. The number of aliphatic hydroxyl groups is 1. The summed E-state index contributed by atoms with van der Waals surface area (Å²) in [5.41, 5.74) is 4.94. The van der Waals surface area contributed by atoms with Crippen molar-refractivity contribution in [3.63, 3.8) is 0 Å². The summed E-state index contributed by atoms with van der Waals surface area (Å²) in [5, 5.41) is 10.1. The van der Waals surface area contributed by atoms with Gasteiger partial charge in [0.1, 0.15) is 0 Å². The third-order valence-corrected chi connectivity index (χ3v) is 4.10. The molecule has 0 bridgehead atoms. The van der Waals surface area contributed by atoms with Gasteiger partial charge in [-0.25, -0.2) is 0 Å². The minimum Gasteiger partial charge on any atom is -0.388 e. The highest BCUT2D eigenvalue weighted by Gasteiger charge is 2.06. The van der Waals surface area contributed by atoms with Gasteiger partial charge in [-0.2, -0.15) is 11.8 Å². The maximum absolute atomic E-state index is 10.1. The molecule has 0 aliphatic heterocycles. The van der Waals surface area contributed by atoms with Gasteiger partial charge in [-0.05, 0) is 25.0 Å². The van der Waals surface area contributed by atoms with E-state index in [0.29, 0.717) is 0 Å². The number of aryl methyl sites for hydroxylation is 2. The average Bonchev–Trinajstić information content (AvgIpc) is 2.38. The van der Waals surface area contributed by atoms with Crippen LogP contribution in [0.1, 0.15) is 28.4 Å². The Labute approximate surface area is 119 Å². The first kappa shape index (κ1) is 14.2. The summed E-state index contributed by atoms with van der Waals surface area (Å²) >= 11 is 1.78. The lowest BCUT2D eigenvalue weighted by atomic mass is 10.1. The first-order valence-corrected chi connectivity index (χ1v) is 7.68. The van der Waals surface area contributed by atoms with Crippen LogP contribution in [0.4, 0.5) is 0 Å². The molecule has 1 atom stereocenters. The predicted molar refractivity (Wildman–Crippen MR) is 83.5 cm³/mol. The summed E-state index contributed by atoms with van der Waals surface area (Å²) in [7, 11) is 0. The zero-order valence-electron chi connectivity index (χ0n) is 11.5. The highest BCUT2D eigenvalue weighted by molar-refractivity contribution is 7.98. The Morgan fingerprint density at radius 2 is 1.63 bits per heavy atom. The predicted octanol–water partition coefficient (Wildman–Crippen LogP) is 4.27. The van der Waals surface area contributed by atoms with Gasteiger partial charge in [-0.15, -0.1) is 0 Å². The van der Waals surface area contributed by atoms with Gasteiger partial charge in [0.05, 0.1) is 6.10 Å². The second-order valence-electron chi connectivity index (χ2n) is 4.94. The van der Waals surface area contributed by atoms with Gasteiger partial charge in [0, 0.05) is 11.5 Å². The molecule has 0 amide bonds. The van der Waals surface area contributed by atoms with Crippen molar-refractivity contribution in [3.8, 4) is 0 Å². The topological polar surface area (TPSA) is 20.2 Å².